The molecule has 0 saturated carbocycles. The molecular formula is C14H17N3. The third kappa shape index (κ3) is 3.29. The third-order valence-electron chi connectivity index (χ3n) is 2.61. The Kier molecular flexibility index (Phi) is 3.73. The Morgan fingerprint density at radius 2 is 2.12 bits per heavy atom. The van der Waals surface area contributed by atoms with Crippen LogP contribution in [0.5, 0.6) is 0 Å². The van der Waals surface area contributed by atoms with Crippen LogP contribution in [-0.2, 0) is 13.1 Å². The van der Waals surface area contributed by atoms with E-state index in [9.17, 15) is 0 Å². The zero-order valence-corrected chi connectivity index (χ0v) is 9.98. The molecule has 0 spiro atoms. The summed E-state index contributed by atoms with van der Waals surface area (Å²) in [5.74, 6) is 0. The van der Waals surface area contributed by atoms with Gasteiger partial charge in [0.2, 0.25) is 0 Å². The zero-order chi connectivity index (χ0) is 12.1. The van der Waals surface area contributed by atoms with E-state index < -0.39 is 0 Å². The third-order valence-corrected chi connectivity index (χ3v) is 2.61. The Morgan fingerprint density at radius 3 is 2.88 bits per heavy atom. The number of nitrogens with one attached hydrogen (secondary N) is 1. The molecule has 88 valence electrons. The van der Waals surface area contributed by atoms with Gasteiger partial charge in [-0.2, -0.15) is 0 Å². The van der Waals surface area contributed by atoms with Crippen molar-refractivity contribution in [2.45, 2.75) is 20.0 Å². The van der Waals surface area contributed by atoms with Gasteiger partial charge in [0.15, 0.2) is 0 Å². The van der Waals surface area contributed by atoms with E-state index in [4.69, 9.17) is 5.73 Å². The van der Waals surface area contributed by atoms with Crippen LogP contribution in [0.1, 0.15) is 16.8 Å². The molecule has 0 bridgehead atoms. The van der Waals surface area contributed by atoms with E-state index in [1.54, 1.807) is 6.20 Å². The van der Waals surface area contributed by atoms with Crippen LogP contribution < -0.4 is 11.1 Å². The molecule has 0 aliphatic rings. The fraction of sp³-hybridized carbons (Fsp3) is 0.214. The van der Waals surface area contributed by atoms with Crippen LogP contribution in [0.25, 0.3) is 0 Å². The summed E-state index contributed by atoms with van der Waals surface area (Å²) in [6.07, 6.45) is 1.80. The number of benzene rings is 1. The number of nitrogens with two attached hydrogens (primary N) is 1. The monoisotopic (exact) mass is 227 g/mol. The highest BCUT2D eigenvalue weighted by Gasteiger charge is 1.97. The quantitative estimate of drug-likeness (QED) is 0.843. The molecule has 1 aromatic heterocycles. The summed E-state index contributed by atoms with van der Waals surface area (Å²) in [5.41, 5.74) is 10.1. The predicted molar refractivity (Wildman–Crippen MR) is 70.6 cm³/mol. The maximum atomic E-state index is 5.60. The molecule has 0 aliphatic carbocycles. The molecule has 0 atom stereocenters. The van der Waals surface area contributed by atoms with Crippen molar-refractivity contribution >= 4 is 5.69 Å². The maximum absolute atomic E-state index is 5.60. The van der Waals surface area contributed by atoms with Crippen LogP contribution in [0.15, 0.2) is 42.6 Å². The van der Waals surface area contributed by atoms with Crippen molar-refractivity contribution in [1.29, 1.82) is 0 Å². The molecule has 0 saturated heterocycles. The van der Waals surface area contributed by atoms with Crippen LogP contribution >= 0.6 is 0 Å². The van der Waals surface area contributed by atoms with Crippen molar-refractivity contribution in [2.24, 2.45) is 5.73 Å². The summed E-state index contributed by atoms with van der Waals surface area (Å²) in [6, 6.07) is 12.3. The van der Waals surface area contributed by atoms with E-state index >= 15 is 0 Å². The molecule has 1 heterocycles. The average molecular weight is 227 g/mol. The molecule has 0 aliphatic heterocycles. The standard InChI is InChI=1S/C14H17N3/c1-11-3-2-4-13(7-11)17-10-14-8-12(9-15)5-6-16-14/h2-8,17H,9-10,15H2,1H3. The van der Waals surface area contributed by atoms with Crippen molar-refractivity contribution in [3.63, 3.8) is 0 Å². The summed E-state index contributed by atoms with van der Waals surface area (Å²) >= 11 is 0. The van der Waals surface area contributed by atoms with E-state index in [1.165, 1.54) is 5.56 Å². The van der Waals surface area contributed by atoms with Gasteiger partial charge in [0.1, 0.15) is 0 Å². The zero-order valence-electron chi connectivity index (χ0n) is 9.98. The largest absolute Gasteiger partial charge is 0.379 e. The normalized spacial score (nSPS) is 10.2. The average Bonchev–Trinajstić information content (AvgIpc) is 2.37. The predicted octanol–water partition coefficient (Wildman–Crippen LogP) is 2.46. The highest BCUT2D eigenvalue weighted by atomic mass is 14.9. The summed E-state index contributed by atoms with van der Waals surface area (Å²) in [5, 5.41) is 3.35. The smallest absolute Gasteiger partial charge is 0.0597 e. The van der Waals surface area contributed by atoms with Gasteiger partial charge >= 0.3 is 0 Å². The number of aryl methyl sites for hydroxylation is 1. The molecule has 0 amide bonds. The number of rotatable bonds is 4. The lowest BCUT2D eigenvalue weighted by Gasteiger charge is -2.07. The summed E-state index contributed by atoms with van der Waals surface area (Å²) < 4.78 is 0. The number of nitrogens with zero attached hydrogens (tertiary/aromatic N) is 1. The summed E-state index contributed by atoms with van der Waals surface area (Å²) in [6.45, 7) is 3.36. The van der Waals surface area contributed by atoms with E-state index in [0.29, 0.717) is 6.54 Å². The van der Waals surface area contributed by atoms with E-state index in [2.05, 4.69) is 35.4 Å². The molecule has 3 heteroatoms. The first-order chi connectivity index (χ1) is 8.28. The molecule has 3 N–H and O–H groups in total. The van der Waals surface area contributed by atoms with E-state index in [1.807, 2.05) is 18.2 Å². The molecule has 3 nitrogen and oxygen atoms in total. The topological polar surface area (TPSA) is 50.9 Å². The van der Waals surface area contributed by atoms with Gasteiger partial charge in [-0.15, -0.1) is 0 Å². The van der Waals surface area contributed by atoms with E-state index in [0.717, 1.165) is 23.5 Å². The van der Waals surface area contributed by atoms with Crippen molar-refractivity contribution in [1.82, 2.24) is 4.98 Å². The second-order valence-corrected chi connectivity index (χ2v) is 4.08. The van der Waals surface area contributed by atoms with Crippen molar-refractivity contribution in [3.05, 3.63) is 59.4 Å². The number of hydrogen-bond donors (Lipinski definition) is 2. The number of anilines is 1. The van der Waals surface area contributed by atoms with Crippen LogP contribution in [-0.4, -0.2) is 4.98 Å². The number of aromatic nitrogens is 1. The molecule has 0 radical (unpaired) electrons. The second kappa shape index (κ2) is 5.46. The Bertz CT molecular complexity index is 494. The second-order valence-electron chi connectivity index (χ2n) is 4.08. The van der Waals surface area contributed by atoms with E-state index in [-0.39, 0.29) is 0 Å². The lowest BCUT2D eigenvalue weighted by molar-refractivity contribution is 0.996. The van der Waals surface area contributed by atoms with Crippen molar-refractivity contribution in [2.75, 3.05) is 5.32 Å². The van der Waals surface area contributed by atoms with Gasteiger partial charge < -0.3 is 11.1 Å². The highest BCUT2D eigenvalue weighted by Crippen LogP contribution is 2.11. The number of pyridine rings is 1. The lowest BCUT2D eigenvalue weighted by atomic mass is 10.2. The first-order valence-electron chi connectivity index (χ1n) is 5.72. The van der Waals surface area contributed by atoms with Crippen molar-refractivity contribution in [3.8, 4) is 0 Å². The van der Waals surface area contributed by atoms with Gasteiger partial charge in [-0.3, -0.25) is 4.98 Å². The maximum Gasteiger partial charge on any atom is 0.0597 e. The van der Waals surface area contributed by atoms with Gasteiger partial charge in [0.05, 0.1) is 12.2 Å². The molecular weight excluding hydrogens is 210 g/mol. The minimum absolute atomic E-state index is 0.556. The Morgan fingerprint density at radius 1 is 1.24 bits per heavy atom. The first kappa shape index (κ1) is 11.6. The van der Waals surface area contributed by atoms with Gasteiger partial charge in [-0.25, -0.2) is 0 Å². The SMILES string of the molecule is Cc1cccc(NCc2cc(CN)ccn2)c1. The summed E-state index contributed by atoms with van der Waals surface area (Å²) in [7, 11) is 0. The summed E-state index contributed by atoms with van der Waals surface area (Å²) in [4.78, 5) is 4.31. The van der Waals surface area contributed by atoms with Crippen molar-refractivity contribution < 1.29 is 0 Å². The fourth-order valence-electron chi connectivity index (χ4n) is 1.70. The minimum Gasteiger partial charge on any atom is -0.379 e. The van der Waals surface area contributed by atoms with Crippen LogP contribution in [0.4, 0.5) is 5.69 Å². The molecule has 0 fully saturated rings. The Labute approximate surface area is 102 Å². The first-order valence-corrected chi connectivity index (χ1v) is 5.72. The fourth-order valence-corrected chi connectivity index (χ4v) is 1.70. The van der Waals surface area contributed by atoms with Crippen LogP contribution in [0, 0.1) is 6.92 Å². The van der Waals surface area contributed by atoms with Gasteiger partial charge in [0, 0.05) is 18.4 Å². The van der Waals surface area contributed by atoms with Crippen LogP contribution in [0.2, 0.25) is 0 Å². The Balaban J connectivity index is 2.02. The molecule has 2 rings (SSSR count). The molecule has 2 aromatic rings. The highest BCUT2D eigenvalue weighted by molar-refractivity contribution is 5.45. The Hall–Kier alpha value is -1.87. The molecule has 1 aromatic carbocycles. The minimum atomic E-state index is 0.556. The molecule has 0 unspecified atom stereocenters. The lowest BCUT2D eigenvalue weighted by Crippen LogP contribution is -2.04. The van der Waals surface area contributed by atoms with Gasteiger partial charge in [0.25, 0.3) is 0 Å². The van der Waals surface area contributed by atoms with Gasteiger partial charge in [-0.1, -0.05) is 12.1 Å². The van der Waals surface area contributed by atoms with Crippen LogP contribution in [0.3, 0.4) is 0 Å². The van der Waals surface area contributed by atoms with Gasteiger partial charge in [-0.05, 0) is 42.3 Å². The number of hydrogen-bond acceptors (Lipinski definition) is 3. The molecule has 17 heavy (non-hydrogen) atoms.